The smallest absolute Gasteiger partial charge is 0.272 e. The number of carbonyl (C=O) groups excluding carboxylic acids is 1. The van der Waals surface area contributed by atoms with Crippen LogP contribution in [0.5, 0.6) is 0 Å². The average molecular weight is 295 g/mol. The Morgan fingerprint density at radius 1 is 1.14 bits per heavy atom. The highest BCUT2D eigenvalue weighted by atomic mass is 16.2. The lowest BCUT2D eigenvalue weighted by Gasteiger charge is -2.26. The van der Waals surface area contributed by atoms with E-state index in [1.807, 2.05) is 35.2 Å². The summed E-state index contributed by atoms with van der Waals surface area (Å²) in [7, 11) is 0. The Kier molecular flexibility index (Phi) is 4.37. The summed E-state index contributed by atoms with van der Waals surface area (Å²) in [5.74, 6) is 0.0353. The molecule has 0 atom stereocenters. The number of anilines is 2. The predicted octanol–water partition coefficient (Wildman–Crippen LogP) is 3.76. The first-order valence-corrected chi connectivity index (χ1v) is 7.82. The maximum atomic E-state index is 12.5. The summed E-state index contributed by atoms with van der Waals surface area (Å²) in [4.78, 5) is 18.7. The largest absolute Gasteiger partial charge is 0.355 e. The summed E-state index contributed by atoms with van der Waals surface area (Å²) in [6, 6.07) is 11.8. The third kappa shape index (κ3) is 3.27. The fourth-order valence-electron chi connectivity index (χ4n) is 2.75. The van der Waals surface area contributed by atoms with Crippen molar-refractivity contribution in [1.82, 2.24) is 9.88 Å². The van der Waals surface area contributed by atoms with Gasteiger partial charge in [-0.1, -0.05) is 18.2 Å². The molecule has 2 aromatic rings. The molecule has 1 aromatic heterocycles. The molecule has 0 radical (unpaired) electrons. The van der Waals surface area contributed by atoms with E-state index < -0.39 is 0 Å². The lowest BCUT2D eigenvalue weighted by molar-refractivity contribution is 0.0718. The van der Waals surface area contributed by atoms with Crippen molar-refractivity contribution < 1.29 is 4.79 Å². The molecule has 1 N–H and O–H groups in total. The summed E-state index contributed by atoms with van der Waals surface area (Å²) in [5.41, 5.74) is 3.62. The number of carbonyl (C=O) groups is 1. The quantitative estimate of drug-likeness (QED) is 0.937. The van der Waals surface area contributed by atoms with Gasteiger partial charge in [0.15, 0.2) is 0 Å². The molecule has 1 amide bonds. The van der Waals surface area contributed by atoms with E-state index in [-0.39, 0.29) is 5.91 Å². The van der Waals surface area contributed by atoms with Crippen LogP contribution in [0.3, 0.4) is 0 Å². The third-order valence-corrected chi connectivity index (χ3v) is 4.05. The summed E-state index contributed by atoms with van der Waals surface area (Å²) in [6.45, 7) is 3.75. The summed E-state index contributed by atoms with van der Waals surface area (Å²) in [5, 5.41) is 3.36. The highest BCUT2D eigenvalue weighted by Crippen LogP contribution is 2.21. The van der Waals surface area contributed by atoms with Gasteiger partial charge in [0.25, 0.3) is 5.91 Å². The number of benzene rings is 1. The Labute approximate surface area is 131 Å². The number of likely N-dealkylation sites (tertiary alicyclic amines) is 1. The molecule has 0 aliphatic carbocycles. The molecule has 4 nitrogen and oxygen atoms in total. The van der Waals surface area contributed by atoms with Crippen LogP contribution in [0.15, 0.2) is 42.6 Å². The Morgan fingerprint density at radius 2 is 1.91 bits per heavy atom. The predicted molar refractivity (Wildman–Crippen MR) is 88.5 cm³/mol. The first kappa shape index (κ1) is 14.6. The number of nitrogens with one attached hydrogen (secondary N) is 1. The van der Waals surface area contributed by atoms with E-state index in [1.165, 1.54) is 12.0 Å². The standard InChI is InChI=1S/C18H21N3O/c1-14-7-3-4-8-16(14)20-15-9-10-19-17(13-15)18(22)21-11-5-2-6-12-21/h3-4,7-10,13H,2,5-6,11-12H2,1H3,(H,19,20). The molecule has 1 aliphatic rings. The van der Waals surface area contributed by atoms with Crippen LogP contribution in [0, 0.1) is 6.92 Å². The summed E-state index contributed by atoms with van der Waals surface area (Å²) < 4.78 is 0. The van der Waals surface area contributed by atoms with Crippen LogP contribution in [-0.2, 0) is 0 Å². The molecule has 1 saturated heterocycles. The zero-order valence-electron chi connectivity index (χ0n) is 12.9. The number of hydrogen-bond acceptors (Lipinski definition) is 3. The number of aromatic nitrogens is 1. The molecule has 0 spiro atoms. The van der Waals surface area contributed by atoms with Crippen molar-refractivity contribution in [2.24, 2.45) is 0 Å². The number of aryl methyl sites for hydroxylation is 1. The van der Waals surface area contributed by atoms with Gasteiger partial charge in [0.1, 0.15) is 5.69 Å². The van der Waals surface area contributed by atoms with Gasteiger partial charge in [0.05, 0.1) is 0 Å². The van der Waals surface area contributed by atoms with Crippen LogP contribution in [0.1, 0.15) is 35.3 Å². The number of rotatable bonds is 3. The molecular weight excluding hydrogens is 274 g/mol. The Balaban J connectivity index is 1.77. The van der Waals surface area contributed by atoms with Gasteiger partial charge in [0, 0.05) is 30.7 Å². The van der Waals surface area contributed by atoms with Crippen LogP contribution >= 0.6 is 0 Å². The topological polar surface area (TPSA) is 45.2 Å². The van der Waals surface area contributed by atoms with E-state index in [0.29, 0.717) is 5.69 Å². The van der Waals surface area contributed by atoms with Crippen molar-refractivity contribution in [3.63, 3.8) is 0 Å². The number of piperidine rings is 1. The second-order valence-electron chi connectivity index (χ2n) is 5.72. The minimum Gasteiger partial charge on any atom is -0.355 e. The highest BCUT2D eigenvalue weighted by Gasteiger charge is 2.19. The molecule has 3 rings (SSSR count). The monoisotopic (exact) mass is 295 g/mol. The van der Waals surface area contributed by atoms with Gasteiger partial charge in [0.2, 0.25) is 0 Å². The van der Waals surface area contributed by atoms with Crippen LogP contribution in [0.4, 0.5) is 11.4 Å². The van der Waals surface area contributed by atoms with Gasteiger partial charge >= 0.3 is 0 Å². The third-order valence-electron chi connectivity index (χ3n) is 4.05. The Hall–Kier alpha value is -2.36. The molecule has 114 valence electrons. The van der Waals surface area contributed by atoms with Crippen molar-refractivity contribution in [3.05, 3.63) is 53.9 Å². The number of pyridine rings is 1. The van der Waals surface area contributed by atoms with E-state index in [4.69, 9.17) is 0 Å². The molecule has 4 heteroatoms. The fourth-order valence-corrected chi connectivity index (χ4v) is 2.75. The van der Waals surface area contributed by atoms with Gasteiger partial charge in [-0.05, 0) is 49.9 Å². The van der Waals surface area contributed by atoms with E-state index in [0.717, 1.165) is 37.3 Å². The van der Waals surface area contributed by atoms with Crippen LogP contribution in [0.25, 0.3) is 0 Å². The maximum Gasteiger partial charge on any atom is 0.272 e. The van der Waals surface area contributed by atoms with Crippen molar-refractivity contribution in [2.45, 2.75) is 26.2 Å². The second kappa shape index (κ2) is 6.60. The Morgan fingerprint density at radius 3 is 2.68 bits per heavy atom. The van der Waals surface area contributed by atoms with Gasteiger partial charge in [-0.2, -0.15) is 0 Å². The molecule has 1 aliphatic heterocycles. The first-order valence-electron chi connectivity index (χ1n) is 7.82. The number of nitrogens with zero attached hydrogens (tertiary/aromatic N) is 2. The number of para-hydroxylation sites is 1. The molecule has 1 fully saturated rings. The SMILES string of the molecule is Cc1ccccc1Nc1ccnc(C(=O)N2CCCCC2)c1. The second-order valence-corrected chi connectivity index (χ2v) is 5.72. The number of hydrogen-bond donors (Lipinski definition) is 1. The van der Waals surface area contributed by atoms with Crippen molar-refractivity contribution in [2.75, 3.05) is 18.4 Å². The summed E-state index contributed by atoms with van der Waals surface area (Å²) in [6.07, 6.45) is 5.09. The number of amides is 1. The maximum absolute atomic E-state index is 12.5. The molecule has 22 heavy (non-hydrogen) atoms. The lowest BCUT2D eigenvalue weighted by atomic mass is 10.1. The Bertz CT molecular complexity index is 663. The van der Waals surface area contributed by atoms with Gasteiger partial charge in [-0.15, -0.1) is 0 Å². The normalized spacial score (nSPS) is 14.7. The molecule has 0 saturated carbocycles. The first-order chi connectivity index (χ1) is 10.7. The summed E-state index contributed by atoms with van der Waals surface area (Å²) >= 11 is 0. The van der Waals surface area contributed by atoms with Crippen LogP contribution < -0.4 is 5.32 Å². The average Bonchev–Trinajstić information content (AvgIpc) is 2.57. The van der Waals surface area contributed by atoms with E-state index in [1.54, 1.807) is 6.20 Å². The van der Waals surface area contributed by atoms with Gasteiger partial charge in [-0.3, -0.25) is 9.78 Å². The molecule has 0 unspecified atom stereocenters. The van der Waals surface area contributed by atoms with Crippen LogP contribution in [0.2, 0.25) is 0 Å². The molecule has 2 heterocycles. The lowest BCUT2D eigenvalue weighted by Crippen LogP contribution is -2.36. The minimum absolute atomic E-state index is 0.0353. The van der Waals surface area contributed by atoms with E-state index in [2.05, 4.69) is 23.3 Å². The molecule has 0 bridgehead atoms. The van der Waals surface area contributed by atoms with Crippen molar-refractivity contribution in [3.8, 4) is 0 Å². The molecule has 1 aromatic carbocycles. The minimum atomic E-state index is 0.0353. The highest BCUT2D eigenvalue weighted by molar-refractivity contribution is 5.93. The van der Waals surface area contributed by atoms with E-state index >= 15 is 0 Å². The van der Waals surface area contributed by atoms with Crippen molar-refractivity contribution >= 4 is 17.3 Å². The zero-order valence-corrected chi connectivity index (χ0v) is 12.9. The van der Waals surface area contributed by atoms with Gasteiger partial charge in [-0.25, -0.2) is 0 Å². The fraction of sp³-hybridized carbons (Fsp3) is 0.333. The van der Waals surface area contributed by atoms with Crippen molar-refractivity contribution in [1.29, 1.82) is 0 Å². The zero-order chi connectivity index (χ0) is 15.4. The van der Waals surface area contributed by atoms with Gasteiger partial charge < -0.3 is 10.2 Å². The van der Waals surface area contributed by atoms with Crippen LogP contribution in [-0.4, -0.2) is 28.9 Å². The van der Waals surface area contributed by atoms with E-state index in [9.17, 15) is 4.79 Å². The molecular formula is C18H21N3O.